The maximum atomic E-state index is 9.04. The summed E-state index contributed by atoms with van der Waals surface area (Å²) in [6.45, 7) is -0.172. The highest BCUT2D eigenvalue weighted by atomic mass is 79.9. The van der Waals surface area contributed by atoms with E-state index in [9.17, 15) is 0 Å². The van der Waals surface area contributed by atoms with E-state index in [-0.39, 0.29) is 6.61 Å². The summed E-state index contributed by atoms with van der Waals surface area (Å²) in [5, 5.41) is 18.6. The van der Waals surface area contributed by atoms with Crippen LogP contribution in [0, 0.1) is 0 Å². The highest BCUT2D eigenvalue weighted by molar-refractivity contribution is 9.11. The molecular weight excluding hydrogens is 274 g/mol. The zero-order chi connectivity index (χ0) is 9.68. The van der Waals surface area contributed by atoms with E-state index >= 15 is 0 Å². The van der Waals surface area contributed by atoms with Gasteiger partial charge in [0, 0.05) is 11.5 Å². The molecule has 0 saturated carbocycles. The van der Waals surface area contributed by atoms with Gasteiger partial charge in [-0.25, -0.2) is 4.98 Å². The Morgan fingerprint density at radius 1 is 1.69 bits per heavy atom. The Bertz CT molecular complexity index is 256. The zero-order valence-electron chi connectivity index (χ0n) is 6.81. The third kappa shape index (κ3) is 4.42. The van der Waals surface area contributed by atoms with Crippen LogP contribution in [0.15, 0.2) is 9.98 Å². The van der Waals surface area contributed by atoms with Crippen molar-refractivity contribution in [1.29, 1.82) is 0 Å². The van der Waals surface area contributed by atoms with Crippen molar-refractivity contribution < 1.29 is 10.2 Å². The van der Waals surface area contributed by atoms with E-state index in [1.165, 1.54) is 0 Å². The number of hydrogen-bond acceptors (Lipinski definition) is 5. The summed E-state index contributed by atoms with van der Waals surface area (Å²) in [7, 11) is 0. The molecular formula is C7H10BrNO2S2. The molecule has 0 amide bonds. The Morgan fingerprint density at radius 3 is 3.00 bits per heavy atom. The van der Waals surface area contributed by atoms with Gasteiger partial charge in [-0.05, 0) is 15.9 Å². The third-order valence-corrected chi connectivity index (χ3v) is 4.03. The van der Waals surface area contributed by atoms with Gasteiger partial charge in [-0.15, -0.1) is 11.3 Å². The average Bonchev–Trinajstić information content (AvgIpc) is 2.51. The minimum Gasteiger partial charge on any atom is -0.394 e. The van der Waals surface area contributed by atoms with Gasteiger partial charge in [0.25, 0.3) is 0 Å². The van der Waals surface area contributed by atoms with Crippen LogP contribution >= 0.6 is 39.0 Å². The van der Waals surface area contributed by atoms with Gasteiger partial charge in [-0.3, -0.25) is 0 Å². The van der Waals surface area contributed by atoms with Crippen LogP contribution in [0.25, 0.3) is 0 Å². The van der Waals surface area contributed by atoms with Crippen molar-refractivity contribution in [3.63, 3.8) is 0 Å². The van der Waals surface area contributed by atoms with Gasteiger partial charge >= 0.3 is 0 Å². The van der Waals surface area contributed by atoms with Crippen LogP contribution in [0.2, 0.25) is 0 Å². The fraction of sp³-hybridized carbons (Fsp3) is 0.571. The Labute approximate surface area is 93.3 Å². The van der Waals surface area contributed by atoms with E-state index < -0.39 is 6.10 Å². The number of hydrogen-bond donors (Lipinski definition) is 2. The topological polar surface area (TPSA) is 53.4 Å². The molecule has 1 atom stereocenters. The first-order valence-electron chi connectivity index (χ1n) is 3.69. The quantitative estimate of drug-likeness (QED) is 0.860. The molecule has 2 N–H and O–H groups in total. The van der Waals surface area contributed by atoms with Crippen LogP contribution in [-0.2, 0) is 5.75 Å². The van der Waals surface area contributed by atoms with Crippen LogP contribution in [0.4, 0.5) is 0 Å². The van der Waals surface area contributed by atoms with Crippen LogP contribution in [-0.4, -0.2) is 33.7 Å². The molecule has 1 heterocycles. The van der Waals surface area contributed by atoms with Gasteiger partial charge in [0.05, 0.1) is 22.7 Å². The maximum absolute atomic E-state index is 9.04. The van der Waals surface area contributed by atoms with Crippen molar-refractivity contribution >= 4 is 39.0 Å². The predicted molar refractivity (Wildman–Crippen MR) is 59.1 cm³/mol. The number of thiazole rings is 1. The summed E-state index contributed by atoms with van der Waals surface area (Å²) in [6.07, 6.45) is 1.15. The second-order valence-corrected chi connectivity index (χ2v) is 5.93. The lowest BCUT2D eigenvalue weighted by Gasteiger charge is -2.04. The second-order valence-electron chi connectivity index (χ2n) is 2.41. The monoisotopic (exact) mass is 283 g/mol. The van der Waals surface area contributed by atoms with E-state index in [0.29, 0.717) is 5.75 Å². The Balaban J connectivity index is 2.20. The molecule has 0 bridgehead atoms. The molecule has 0 aliphatic heterocycles. The van der Waals surface area contributed by atoms with Crippen molar-refractivity contribution in [2.75, 3.05) is 12.4 Å². The number of rotatable bonds is 5. The zero-order valence-corrected chi connectivity index (χ0v) is 10.0. The summed E-state index contributed by atoms with van der Waals surface area (Å²) in [6, 6.07) is 0. The fourth-order valence-corrected chi connectivity index (χ4v) is 3.02. The SMILES string of the molecule is OCC(O)CSCc1ncc(Br)s1. The summed E-state index contributed by atoms with van der Waals surface area (Å²) in [4.78, 5) is 4.15. The molecule has 6 heteroatoms. The molecule has 3 nitrogen and oxygen atoms in total. The van der Waals surface area contributed by atoms with E-state index in [4.69, 9.17) is 10.2 Å². The summed E-state index contributed by atoms with van der Waals surface area (Å²) < 4.78 is 1.02. The molecule has 74 valence electrons. The highest BCUT2D eigenvalue weighted by Crippen LogP contribution is 2.22. The van der Waals surface area contributed by atoms with Crippen molar-refractivity contribution in [2.45, 2.75) is 11.9 Å². The van der Waals surface area contributed by atoms with Gasteiger partial charge in [-0.2, -0.15) is 11.8 Å². The Kier molecular flexibility index (Phi) is 5.27. The molecule has 1 aromatic rings. The summed E-state index contributed by atoms with van der Waals surface area (Å²) >= 11 is 6.48. The first-order chi connectivity index (χ1) is 6.22. The summed E-state index contributed by atoms with van der Waals surface area (Å²) in [5.74, 6) is 1.33. The van der Waals surface area contributed by atoms with E-state index in [0.717, 1.165) is 14.5 Å². The molecule has 0 aromatic carbocycles. The molecule has 1 rings (SSSR count). The number of nitrogens with zero attached hydrogens (tertiary/aromatic N) is 1. The third-order valence-electron chi connectivity index (χ3n) is 1.27. The Hall–Kier alpha value is 0.380. The van der Waals surface area contributed by atoms with Gasteiger partial charge in [0.15, 0.2) is 0 Å². The molecule has 1 unspecified atom stereocenters. The van der Waals surface area contributed by atoms with Crippen LogP contribution in [0.3, 0.4) is 0 Å². The lowest BCUT2D eigenvalue weighted by molar-refractivity contribution is 0.113. The molecule has 1 aromatic heterocycles. The van der Waals surface area contributed by atoms with E-state index in [1.807, 2.05) is 0 Å². The van der Waals surface area contributed by atoms with Crippen LogP contribution in [0.5, 0.6) is 0 Å². The first kappa shape index (κ1) is 11.5. The van der Waals surface area contributed by atoms with Gasteiger partial charge in [0.2, 0.25) is 0 Å². The first-order valence-corrected chi connectivity index (χ1v) is 6.45. The normalized spacial score (nSPS) is 13.2. The van der Waals surface area contributed by atoms with Gasteiger partial charge in [0.1, 0.15) is 5.01 Å². The van der Waals surface area contributed by atoms with Crippen LogP contribution < -0.4 is 0 Å². The van der Waals surface area contributed by atoms with Crippen molar-refractivity contribution in [3.8, 4) is 0 Å². The molecule has 0 saturated heterocycles. The standard InChI is InChI=1S/C7H10BrNO2S2/c8-6-1-9-7(13-6)4-12-3-5(11)2-10/h1,5,10-11H,2-4H2. The van der Waals surface area contributed by atoms with Gasteiger partial charge < -0.3 is 10.2 Å². The number of aliphatic hydroxyl groups is 2. The molecule has 0 spiro atoms. The van der Waals surface area contributed by atoms with Crippen molar-refractivity contribution in [2.24, 2.45) is 0 Å². The fourth-order valence-electron chi connectivity index (χ4n) is 0.690. The average molecular weight is 284 g/mol. The lowest BCUT2D eigenvalue weighted by Crippen LogP contribution is -2.14. The molecule has 0 aliphatic carbocycles. The lowest BCUT2D eigenvalue weighted by atomic mass is 10.4. The number of thioether (sulfide) groups is 1. The number of aliphatic hydroxyl groups excluding tert-OH is 2. The number of halogens is 1. The molecule has 13 heavy (non-hydrogen) atoms. The minimum absolute atomic E-state index is 0.172. The Morgan fingerprint density at radius 2 is 2.46 bits per heavy atom. The largest absolute Gasteiger partial charge is 0.394 e. The van der Waals surface area contributed by atoms with Gasteiger partial charge in [-0.1, -0.05) is 0 Å². The van der Waals surface area contributed by atoms with Crippen molar-refractivity contribution in [3.05, 3.63) is 15.0 Å². The van der Waals surface area contributed by atoms with E-state index in [1.54, 1.807) is 29.3 Å². The molecule has 0 radical (unpaired) electrons. The summed E-state index contributed by atoms with van der Waals surface area (Å²) in [5.41, 5.74) is 0. The smallest absolute Gasteiger partial charge is 0.104 e. The number of aromatic nitrogens is 1. The second kappa shape index (κ2) is 5.98. The highest BCUT2D eigenvalue weighted by Gasteiger charge is 2.04. The maximum Gasteiger partial charge on any atom is 0.104 e. The minimum atomic E-state index is -0.617. The molecule has 0 fully saturated rings. The van der Waals surface area contributed by atoms with Crippen molar-refractivity contribution in [1.82, 2.24) is 4.98 Å². The van der Waals surface area contributed by atoms with E-state index in [2.05, 4.69) is 20.9 Å². The predicted octanol–water partition coefficient (Wildman–Crippen LogP) is 1.49. The van der Waals surface area contributed by atoms with Crippen LogP contribution in [0.1, 0.15) is 5.01 Å². The molecule has 0 aliphatic rings.